The topological polar surface area (TPSA) is 67.6 Å². The zero-order valence-electron chi connectivity index (χ0n) is 13.9. The number of carbonyl (C=O) groups excluding carboxylic acids is 1. The molecule has 0 amide bonds. The van der Waals surface area contributed by atoms with E-state index in [-0.39, 0.29) is 17.8 Å². The molecule has 0 saturated carbocycles. The Morgan fingerprint density at radius 3 is 2.65 bits per heavy atom. The van der Waals surface area contributed by atoms with E-state index in [1.54, 1.807) is 6.07 Å². The first-order valence-electron chi connectivity index (χ1n) is 7.51. The molecule has 0 bridgehead atoms. The van der Waals surface area contributed by atoms with E-state index in [0.717, 1.165) is 0 Å². The highest BCUT2D eigenvalue weighted by Crippen LogP contribution is 2.22. The highest BCUT2D eigenvalue weighted by molar-refractivity contribution is 5.86. The Hall–Kier alpha value is -2.18. The van der Waals surface area contributed by atoms with Gasteiger partial charge in [-0.05, 0) is 26.6 Å². The summed E-state index contributed by atoms with van der Waals surface area (Å²) in [6, 6.07) is 12.3. The minimum atomic E-state index is -0.497. The van der Waals surface area contributed by atoms with E-state index >= 15 is 0 Å². The standard InChI is InChI=1S/C17H23N3O3/c1-12(16(20(2)3)13-8-6-5-7-9-13)18-11-14-10-15(19-23-14)17(21)22-4/h5-10,12,16,18H,11H2,1-4H3. The molecule has 6 nitrogen and oxygen atoms in total. The first-order valence-corrected chi connectivity index (χ1v) is 7.51. The Labute approximate surface area is 136 Å². The molecule has 0 fully saturated rings. The summed E-state index contributed by atoms with van der Waals surface area (Å²) in [5.41, 5.74) is 1.43. The van der Waals surface area contributed by atoms with E-state index < -0.39 is 5.97 Å². The molecular weight excluding hydrogens is 294 g/mol. The second kappa shape index (κ2) is 7.89. The lowest BCUT2D eigenvalue weighted by Crippen LogP contribution is -2.38. The second-order valence-corrected chi connectivity index (χ2v) is 5.66. The number of nitrogens with one attached hydrogen (secondary N) is 1. The van der Waals surface area contributed by atoms with E-state index in [9.17, 15) is 4.79 Å². The van der Waals surface area contributed by atoms with E-state index in [2.05, 4.69) is 53.3 Å². The van der Waals surface area contributed by atoms with Gasteiger partial charge in [-0.25, -0.2) is 4.79 Å². The normalized spacial score (nSPS) is 13.8. The Morgan fingerprint density at radius 2 is 2.04 bits per heavy atom. The van der Waals surface area contributed by atoms with E-state index in [1.807, 2.05) is 18.2 Å². The number of aromatic nitrogens is 1. The Balaban J connectivity index is 2.01. The van der Waals surface area contributed by atoms with Gasteiger partial charge in [0.05, 0.1) is 13.7 Å². The maximum absolute atomic E-state index is 11.4. The third kappa shape index (κ3) is 4.40. The molecule has 0 aliphatic rings. The number of methoxy groups -OCH3 is 1. The number of nitrogens with zero attached hydrogens (tertiary/aromatic N) is 2. The largest absolute Gasteiger partial charge is 0.464 e. The van der Waals surface area contributed by atoms with Crippen LogP contribution in [0.2, 0.25) is 0 Å². The van der Waals surface area contributed by atoms with Crippen LogP contribution in [-0.2, 0) is 11.3 Å². The lowest BCUT2D eigenvalue weighted by molar-refractivity contribution is 0.0589. The van der Waals surface area contributed by atoms with Gasteiger partial charge in [-0.3, -0.25) is 0 Å². The predicted molar refractivity (Wildman–Crippen MR) is 87.0 cm³/mol. The summed E-state index contributed by atoms with van der Waals surface area (Å²) in [4.78, 5) is 13.5. The molecule has 0 radical (unpaired) electrons. The van der Waals surface area contributed by atoms with Gasteiger partial charge in [0.25, 0.3) is 0 Å². The minimum Gasteiger partial charge on any atom is -0.464 e. The number of benzene rings is 1. The van der Waals surface area contributed by atoms with Gasteiger partial charge in [0.2, 0.25) is 0 Å². The summed E-state index contributed by atoms with van der Waals surface area (Å²) in [6.45, 7) is 2.61. The number of likely N-dealkylation sites (N-methyl/N-ethyl adjacent to an activating group) is 1. The lowest BCUT2D eigenvalue weighted by atomic mass is 9.99. The molecule has 0 spiro atoms. The van der Waals surface area contributed by atoms with E-state index in [4.69, 9.17) is 4.52 Å². The zero-order valence-corrected chi connectivity index (χ0v) is 13.9. The number of hydrogen-bond acceptors (Lipinski definition) is 6. The Morgan fingerprint density at radius 1 is 1.35 bits per heavy atom. The van der Waals surface area contributed by atoms with Crippen LogP contribution in [-0.4, -0.2) is 43.3 Å². The Bertz CT molecular complexity index is 625. The molecule has 1 N–H and O–H groups in total. The van der Waals surface area contributed by atoms with Crippen LogP contribution in [0.25, 0.3) is 0 Å². The molecular formula is C17H23N3O3. The fourth-order valence-electron chi connectivity index (χ4n) is 2.65. The highest BCUT2D eigenvalue weighted by Gasteiger charge is 2.21. The highest BCUT2D eigenvalue weighted by atomic mass is 16.5. The lowest BCUT2D eigenvalue weighted by Gasteiger charge is -2.31. The van der Waals surface area contributed by atoms with Crippen molar-refractivity contribution in [3.05, 3.63) is 53.4 Å². The van der Waals surface area contributed by atoms with Crippen LogP contribution < -0.4 is 5.32 Å². The first-order chi connectivity index (χ1) is 11.0. The van der Waals surface area contributed by atoms with Crippen molar-refractivity contribution in [1.82, 2.24) is 15.4 Å². The SMILES string of the molecule is COC(=O)c1cc(CNC(C)C(c2ccccc2)N(C)C)on1. The van der Waals surface area contributed by atoms with Gasteiger partial charge >= 0.3 is 5.97 Å². The molecule has 0 aliphatic carbocycles. The summed E-state index contributed by atoms with van der Waals surface area (Å²) in [7, 11) is 5.43. The van der Waals surface area contributed by atoms with E-state index in [1.165, 1.54) is 12.7 Å². The van der Waals surface area contributed by atoms with Crippen LogP contribution in [0.1, 0.15) is 34.8 Å². The fourth-order valence-corrected chi connectivity index (χ4v) is 2.65. The maximum Gasteiger partial charge on any atom is 0.360 e. The molecule has 23 heavy (non-hydrogen) atoms. The molecule has 1 aromatic heterocycles. The minimum absolute atomic E-state index is 0.180. The van der Waals surface area contributed by atoms with Crippen LogP contribution >= 0.6 is 0 Å². The molecule has 0 saturated heterocycles. The van der Waals surface area contributed by atoms with Gasteiger partial charge in [-0.15, -0.1) is 0 Å². The molecule has 6 heteroatoms. The summed E-state index contributed by atoms with van der Waals surface area (Å²) in [6.07, 6.45) is 0. The third-order valence-corrected chi connectivity index (χ3v) is 3.72. The van der Waals surface area contributed by atoms with Crippen molar-refractivity contribution < 1.29 is 14.1 Å². The van der Waals surface area contributed by atoms with Gasteiger partial charge in [0.1, 0.15) is 0 Å². The van der Waals surface area contributed by atoms with E-state index in [0.29, 0.717) is 12.3 Å². The Kier molecular flexibility index (Phi) is 5.90. The number of esters is 1. The number of carbonyl (C=O) groups is 1. The second-order valence-electron chi connectivity index (χ2n) is 5.66. The van der Waals surface area contributed by atoms with Crippen LogP contribution in [0.5, 0.6) is 0 Å². The number of rotatable bonds is 7. The zero-order chi connectivity index (χ0) is 16.8. The smallest absolute Gasteiger partial charge is 0.360 e. The molecule has 2 rings (SSSR count). The van der Waals surface area contributed by atoms with Crippen LogP contribution in [0.15, 0.2) is 40.9 Å². The molecule has 1 heterocycles. The monoisotopic (exact) mass is 317 g/mol. The van der Waals surface area contributed by atoms with Gasteiger partial charge in [0.15, 0.2) is 11.5 Å². The predicted octanol–water partition coefficient (Wildman–Crippen LogP) is 2.24. The summed E-state index contributed by atoms with van der Waals surface area (Å²) in [5.74, 6) is 0.103. The first kappa shape index (κ1) is 17.2. The van der Waals surface area contributed by atoms with Gasteiger partial charge in [-0.2, -0.15) is 0 Å². The van der Waals surface area contributed by atoms with Crippen LogP contribution in [0.3, 0.4) is 0 Å². The van der Waals surface area contributed by atoms with Crippen molar-refractivity contribution in [3.63, 3.8) is 0 Å². The van der Waals surface area contributed by atoms with Crippen molar-refractivity contribution in [1.29, 1.82) is 0 Å². The van der Waals surface area contributed by atoms with Gasteiger partial charge in [-0.1, -0.05) is 35.5 Å². The van der Waals surface area contributed by atoms with Crippen molar-refractivity contribution >= 4 is 5.97 Å². The van der Waals surface area contributed by atoms with Crippen molar-refractivity contribution in [3.8, 4) is 0 Å². The molecule has 1 aromatic carbocycles. The van der Waals surface area contributed by atoms with Crippen molar-refractivity contribution in [2.24, 2.45) is 0 Å². The summed E-state index contributed by atoms with van der Waals surface area (Å²) in [5, 5.41) is 7.12. The number of hydrogen-bond donors (Lipinski definition) is 1. The van der Waals surface area contributed by atoms with Crippen LogP contribution in [0, 0.1) is 0 Å². The molecule has 0 aliphatic heterocycles. The molecule has 2 atom stereocenters. The summed E-state index contributed by atoms with van der Waals surface area (Å²) >= 11 is 0. The van der Waals surface area contributed by atoms with Gasteiger partial charge < -0.3 is 19.5 Å². The van der Waals surface area contributed by atoms with Crippen LogP contribution in [0.4, 0.5) is 0 Å². The fraction of sp³-hybridized carbons (Fsp3) is 0.412. The molecule has 2 unspecified atom stereocenters. The molecule has 2 aromatic rings. The molecule has 124 valence electrons. The third-order valence-electron chi connectivity index (χ3n) is 3.72. The summed E-state index contributed by atoms with van der Waals surface area (Å²) < 4.78 is 9.77. The quantitative estimate of drug-likeness (QED) is 0.790. The van der Waals surface area contributed by atoms with Crippen molar-refractivity contribution in [2.45, 2.75) is 25.6 Å². The average molecular weight is 317 g/mol. The van der Waals surface area contributed by atoms with Crippen molar-refractivity contribution in [2.75, 3.05) is 21.2 Å². The maximum atomic E-state index is 11.4. The van der Waals surface area contributed by atoms with Gasteiger partial charge in [0, 0.05) is 18.2 Å². The average Bonchev–Trinajstić information content (AvgIpc) is 3.02. The number of ether oxygens (including phenoxy) is 1.